The SMILES string of the molecule is N[C@@H]1C(=O)N2C(C(=O)O)=C(CSC3CCS(=O)(=O)C3)CS[C@@H]12. The Hall–Kier alpha value is -0.710. The van der Waals surface area contributed by atoms with Crippen LogP contribution in [0.3, 0.4) is 0 Å². The summed E-state index contributed by atoms with van der Waals surface area (Å²) in [6.45, 7) is 0. The molecule has 2 saturated heterocycles. The van der Waals surface area contributed by atoms with Gasteiger partial charge in [-0.2, -0.15) is 11.8 Å². The second kappa shape index (κ2) is 5.73. The highest BCUT2D eigenvalue weighted by Gasteiger charge is 2.51. The molecule has 1 unspecified atom stereocenters. The Labute approximate surface area is 136 Å². The second-order valence-electron chi connectivity index (χ2n) is 5.53. The zero-order valence-electron chi connectivity index (χ0n) is 11.6. The van der Waals surface area contributed by atoms with E-state index in [2.05, 4.69) is 0 Å². The fraction of sp³-hybridized carbons (Fsp3) is 0.667. The van der Waals surface area contributed by atoms with Gasteiger partial charge in [0, 0.05) is 16.8 Å². The maximum atomic E-state index is 11.8. The van der Waals surface area contributed by atoms with Crippen LogP contribution in [0.2, 0.25) is 0 Å². The van der Waals surface area contributed by atoms with Gasteiger partial charge in [0.25, 0.3) is 0 Å². The number of carbonyl (C=O) groups is 2. The first kappa shape index (κ1) is 16.2. The van der Waals surface area contributed by atoms with E-state index in [0.29, 0.717) is 23.5 Å². The van der Waals surface area contributed by atoms with Crippen LogP contribution in [-0.2, 0) is 19.4 Å². The average Bonchev–Trinajstić information content (AvgIpc) is 2.82. The molecule has 3 heterocycles. The van der Waals surface area contributed by atoms with Crippen LogP contribution in [0.1, 0.15) is 6.42 Å². The van der Waals surface area contributed by atoms with Crippen molar-refractivity contribution in [1.82, 2.24) is 4.90 Å². The summed E-state index contributed by atoms with van der Waals surface area (Å²) in [5.41, 5.74) is 6.39. The topological polar surface area (TPSA) is 118 Å². The summed E-state index contributed by atoms with van der Waals surface area (Å²) in [6.07, 6.45) is 0.603. The van der Waals surface area contributed by atoms with E-state index in [4.69, 9.17) is 5.73 Å². The van der Waals surface area contributed by atoms with Gasteiger partial charge in [-0.3, -0.25) is 9.69 Å². The van der Waals surface area contributed by atoms with Crippen LogP contribution in [0.4, 0.5) is 0 Å². The number of hydrogen-bond donors (Lipinski definition) is 2. The molecule has 0 aromatic rings. The minimum Gasteiger partial charge on any atom is -0.477 e. The number of nitrogens with zero attached hydrogens (tertiary/aromatic N) is 1. The lowest BCUT2D eigenvalue weighted by atomic mass is 10.0. The number of amides is 1. The number of thioether (sulfide) groups is 2. The highest BCUT2D eigenvalue weighted by Crippen LogP contribution is 2.40. The number of aliphatic carboxylic acids is 1. The largest absolute Gasteiger partial charge is 0.477 e. The summed E-state index contributed by atoms with van der Waals surface area (Å²) in [7, 11) is -2.94. The Morgan fingerprint density at radius 2 is 2.23 bits per heavy atom. The van der Waals surface area contributed by atoms with Crippen LogP contribution < -0.4 is 5.73 Å². The van der Waals surface area contributed by atoms with Gasteiger partial charge in [-0.15, -0.1) is 11.8 Å². The summed E-state index contributed by atoms with van der Waals surface area (Å²) in [5, 5.41) is 9.11. The van der Waals surface area contributed by atoms with Crippen molar-refractivity contribution in [3.05, 3.63) is 11.3 Å². The monoisotopic (exact) mass is 364 g/mol. The third-order valence-electron chi connectivity index (χ3n) is 3.97. The molecule has 122 valence electrons. The fourth-order valence-electron chi connectivity index (χ4n) is 2.80. The molecule has 0 radical (unpaired) electrons. The quantitative estimate of drug-likeness (QED) is 0.640. The Morgan fingerprint density at radius 1 is 1.50 bits per heavy atom. The third kappa shape index (κ3) is 2.77. The molecule has 3 N–H and O–H groups in total. The first-order chi connectivity index (χ1) is 10.3. The van der Waals surface area contributed by atoms with Crippen molar-refractivity contribution < 1.29 is 23.1 Å². The summed E-state index contributed by atoms with van der Waals surface area (Å²) in [5.74, 6) is -0.195. The number of β-lactam (4-membered cyclic amide) rings is 1. The van der Waals surface area contributed by atoms with E-state index < -0.39 is 21.8 Å². The molecule has 0 spiro atoms. The highest BCUT2D eigenvalue weighted by molar-refractivity contribution is 8.02. The van der Waals surface area contributed by atoms with Gasteiger partial charge >= 0.3 is 5.97 Å². The van der Waals surface area contributed by atoms with E-state index in [1.54, 1.807) is 0 Å². The molecule has 10 heteroatoms. The molecule has 0 saturated carbocycles. The molecule has 0 aromatic heterocycles. The minimum absolute atomic E-state index is 0.00428. The number of fused-ring (bicyclic) bond motifs is 1. The predicted octanol–water partition coefficient (Wildman–Crippen LogP) is -0.512. The normalized spacial score (nSPS) is 33.6. The van der Waals surface area contributed by atoms with Crippen molar-refractivity contribution in [1.29, 1.82) is 0 Å². The van der Waals surface area contributed by atoms with Crippen LogP contribution in [0.15, 0.2) is 11.3 Å². The van der Waals surface area contributed by atoms with Crippen molar-refractivity contribution in [2.24, 2.45) is 5.73 Å². The summed E-state index contributed by atoms with van der Waals surface area (Å²) >= 11 is 2.92. The van der Waals surface area contributed by atoms with Gasteiger partial charge in [-0.25, -0.2) is 13.2 Å². The maximum absolute atomic E-state index is 11.8. The summed E-state index contributed by atoms with van der Waals surface area (Å²) < 4.78 is 22.9. The smallest absolute Gasteiger partial charge is 0.352 e. The Morgan fingerprint density at radius 3 is 2.82 bits per heavy atom. The van der Waals surface area contributed by atoms with E-state index in [9.17, 15) is 23.1 Å². The second-order valence-corrected chi connectivity index (χ2v) is 10.2. The Balaban J connectivity index is 1.73. The van der Waals surface area contributed by atoms with Crippen LogP contribution in [-0.4, -0.2) is 70.0 Å². The molecular formula is C12H16N2O5S3. The van der Waals surface area contributed by atoms with Gasteiger partial charge < -0.3 is 10.8 Å². The average molecular weight is 364 g/mol. The van der Waals surface area contributed by atoms with Crippen LogP contribution in [0.5, 0.6) is 0 Å². The molecule has 3 atom stereocenters. The molecule has 1 amide bonds. The van der Waals surface area contributed by atoms with Crippen LogP contribution in [0, 0.1) is 0 Å². The van der Waals surface area contributed by atoms with E-state index in [1.807, 2.05) is 0 Å². The van der Waals surface area contributed by atoms with Gasteiger partial charge in [0.1, 0.15) is 17.1 Å². The number of hydrogen-bond acceptors (Lipinski definition) is 7. The van der Waals surface area contributed by atoms with Gasteiger partial charge in [-0.05, 0) is 12.0 Å². The first-order valence-electron chi connectivity index (χ1n) is 6.78. The zero-order valence-corrected chi connectivity index (χ0v) is 14.0. The lowest BCUT2D eigenvalue weighted by Crippen LogP contribution is -2.68. The standard InChI is InChI=1S/C12H16N2O5S3/c13-8-10(15)14-9(12(16)17)6(4-21-11(8)14)3-20-7-1-2-22(18,19)5-7/h7-8,11H,1-5,13H2,(H,16,17)/t7?,8-,11+/m1/s1. The van der Waals surface area contributed by atoms with Crippen molar-refractivity contribution in [3.8, 4) is 0 Å². The number of carboxylic acid groups (broad SMARTS) is 1. The van der Waals surface area contributed by atoms with E-state index in [1.165, 1.54) is 28.4 Å². The number of sulfone groups is 1. The molecule has 3 aliphatic rings. The Bertz CT molecular complexity index is 660. The van der Waals surface area contributed by atoms with Crippen molar-refractivity contribution in [2.75, 3.05) is 23.0 Å². The number of rotatable bonds is 4. The van der Waals surface area contributed by atoms with Gasteiger partial charge in [0.2, 0.25) is 5.91 Å². The van der Waals surface area contributed by atoms with E-state index in [0.717, 1.165) is 0 Å². The maximum Gasteiger partial charge on any atom is 0.352 e. The van der Waals surface area contributed by atoms with Crippen molar-refractivity contribution >= 4 is 45.2 Å². The fourth-order valence-corrected chi connectivity index (χ4v) is 7.88. The molecule has 22 heavy (non-hydrogen) atoms. The molecule has 3 rings (SSSR count). The van der Waals surface area contributed by atoms with Crippen molar-refractivity contribution in [2.45, 2.75) is 23.1 Å². The van der Waals surface area contributed by atoms with Crippen LogP contribution in [0.25, 0.3) is 0 Å². The molecule has 0 bridgehead atoms. The lowest BCUT2D eigenvalue weighted by molar-refractivity contribution is -0.147. The minimum atomic E-state index is -2.94. The lowest BCUT2D eigenvalue weighted by Gasteiger charge is -2.48. The summed E-state index contributed by atoms with van der Waals surface area (Å²) in [6, 6.07) is -0.631. The van der Waals surface area contributed by atoms with Gasteiger partial charge in [0.15, 0.2) is 9.84 Å². The molecule has 0 aliphatic carbocycles. The predicted molar refractivity (Wildman–Crippen MR) is 85.2 cm³/mol. The van der Waals surface area contributed by atoms with Crippen LogP contribution >= 0.6 is 23.5 Å². The summed E-state index contributed by atoms with van der Waals surface area (Å²) in [4.78, 5) is 24.6. The zero-order chi connectivity index (χ0) is 16.1. The molecule has 0 aromatic carbocycles. The number of carbonyl (C=O) groups excluding carboxylic acids is 1. The first-order valence-corrected chi connectivity index (χ1v) is 10.7. The van der Waals surface area contributed by atoms with E-state index in [-0.39, 0.29) is 33.7 Å². The van der Waals surface area contributed by atoms with Crippen molar-refractivity contribution in [3.63, 3.8) is 0 Å². The highest BCUT2D eigenvalue weighted by atomic mass is 32.2. The molecule has 2 fully saturated rings. The molecular weight excluding hydrogens is 348 g/mol. The third-order valence-corrected chi connectivity index (χ3v) is 8.70. The molecule has 3 aliphatic heterocycles. The number of nitrogens with two attached hydrogens (primary N) is 1. The van der Waals surface area contributed by atoms with Gasteiger partial charge in [0.05, 0.1) is 11.5 Å². The Kier molecular flexibility index (Phi) is 4.21. The van der Waals surface area contributed by atoms with Gasteiger partial charge in [-0.1, -0.05) is 0 Å². The van der Waals surface area contributed by atoms with E-state index >= 15 is 0 Å². The number of carboxylic acids is 1. The molecule has 7 nitrogen and oxygen atoms in total.